The molecule has 89 heavy (non-hydrogen) atoms. The Bertz CT molecular complexity index is 5120. The van der Waals surface area contributed by atoms with E-state index >= 15 is 0 Å². The fourth-order valence-corrected chi connectivity index (χ4v) is 13.8. The van der Waals surface area contributed by atoms with Crippen LogP contribution in [-0.2, 0) is 40.1 Å². The Kier molecular flexibility index (Phi) is 19.4. The van der Waals surface area contributed by atoms with Crippen molar-refractivity contribution in [1.82, 2.24) is 19.9 Å². The summed E-state index contributed by atoms with van der Waals surface area (Å²) in [6.07, 6.45) is 13.2. The van der Waals surface area contributed by atoms with E-state index in [0.29, 0.717) is 37.8 Å². The summed E-state index contributed by atoms with van der Waals surface area (Å²) in [5.74, 6) is 0. The summed E-state index contributed by atoms with van der Waals surface area (Å²) >= 11 is 17.6. The maximum Gasteiger partial charge on any atom is 0.261 e. The van der Waals surface area contributed by atoms with Crippen LogP contribution in [0.2, 0.25) is 15.1 Å². The second-order valence-electron chi connectivity index (χ2n) is 19.3. The molecule has 4 N–H and O–H groups in total. The largest absolute Gasteiger partial charge is 0.279 e. The zero-order chi connectivity index (χ0) is 62.6. The Morgan fingerprint density at radius 2 is 0.596 bits per heavy atom. The van der Waals surface area contributed by atoms with Gasteiger partial charge in [-0.05, 0) is 155 Å². The van der Waals surface area contributed by atoms with Crippen molar-refractivity contribution in [2.24, 2.45) is 0 Å². The van der Waals surface area contributed by atoms with Gasteiger partial charge in [-0.2, -0.15) is 0 Å². The highest BCUT2D eigenvalue weighted by atomic mass is 35.5. The van der Waals surface area contributed by atoms with Gasteiger partial charge in [0.25, 0.3) is 40.1 Å². The van der Waals surface area contributed by atoms with Crippen LogP contribution in [0.15, 0.2) is 294 Å². The first-order chi connectivity index (χ1) is 42.8. The van der Waals surface area contributed by atoms with Crippen molar-refractivity contribution in [3.63, 3.8) is 0 Å². The SMILES string of the molecule is O=S(=O)(Nc1cc(Cl)cc2cnccc12)c1ccc(Cl)cc1.O=S(=O)(Nc1cccc2ccncc12)c1ccc(-c2ccccc2)cc1.O=S(=O)(Nc1cccc2ccncc12)c1ccc(Cl)cc1.O=S(=O)(Nc1cccc2ccncc12)c1ccccc1. The third-order valence-corrected chi connectivity index (χ3v) is 19.6. The number of halogens is 3. The third kappa shape index (κ3) is 15.8. The van der Waals surface area contributed by atoms with Crippen LogP contribution in [0.1, 0.15) is 0 Å². The molecular formula is C66H49Cl3N8O8S4. The summed E-state index contributed by atoms with van der Waals surface area (Å²) in [6.45, 7) is 0. The van der Waals surface area contributed by atoms with Crippen LogP contribution in [0.5, 0.6) is 0 Å². The van der Waals surface area contributed by atoms with E-state index in [-0.39, 0.29) is 19.6 Å². The van der Waals surface area contributed by atoms with Crippen LogP contribution in [0.25, 0.3) is 54.2 Å². The Morgan fingerprint density at radius 1 is 0.258 bits per heavy atom. The number of pyridine rings is 4. The van der Waals surface area contributed by atoms with Crippen molar-refractivity contribution in [3.8, 4) is 11.1 Å². The minimum absolute atomic E-state index is 0.124. The number of anilines is 4. The first-order valence-electron chi connectivity index (χ1n) is 26.7. The number of benzene rings is 9. The van der Waals surface area contributed by atoms with Crippen molar-refractivity contribution in [1.29, 1.82) is 0 Å². The molecule has 0 unspecified atom stereocenters. The second kappa shape index (κ2) is 27.7. The van der Waals surface area contributed by atoms with E-state index in [1.54, 1.807) is 147 Å². The maximum absolute atomic E-state index is 12.8. The molecule has 0 saturated carbocycles. The number of nitrogens with one attached hydrogen (secondary N) is 4. The Labute approximate surface area is 529 Å². The van der Waals surface area contributed by atoms with Gasteiger partial charge in [0.05, 0.1) is 42.3 Å². The fourth-order valence-electron chi connectivity index (χ4n) is 8.96. The lowest BCUT2D eigenvalue weighted by Crippen LogP contribution is -2.13. The highest BCUT2D eigenvalue weighted by Crippen LogP contribution is 2.32. The molecule has 23 heteroatoms. The number of rotatable bonds is 13. The normalized spacial score (nSPS) is 11.4. The molecule has 0 amide bonds. The van der Waals surface area contributed by atoms with Gasteiger partial charge < -0.3 is 0 Å². The van der Waals surface area contributed by atoms with Crippen LogP contribution in [0.3, 0.4) is 0 Å². The molecule has 4 aromatic heterocycles. The van der Waals surface area contributed by atoms with E-state index in [9.17, 15) is 33.7 Å². The molecule has 446 valence electrons. The van der Waals surface area contributed by atoms with Crippen LogP contribution in [-0.4, -0.2) is 53.6 Å². The number of fused-ring (bicyclic) bond motifs is 4. The van der Waals surface area contributed by atoms with Crippen molar-refractivity contribution >= 4 is 141 Å². The van der Waals surface area contributed by atoms with E-state index in [2.05, 4.69) is 38.8 Å². The first-order valence-corrected chi connectivity index (χ1v) is 33.7. The number of nitrogens with zero attached hydrogens (tertiary/aromatic N) is 4. The molecule has 0 aliphatic rings. The van der Waals surface area contributed by atoms with Gasteiger partial charge in [0.2, 0.25) is 0 Å². The Morgan fingerprint density at radius 3 is 1.01 bits per heavy atom. The van der Waals surface area contributed by atoms with Crippen LogP contribution in [0, 0.1) is 0 Å². The summed E-state index contributed by atoms with van der Waals surface area (Å²) in [6, 6.07) is 63.8. The summed E-state index contributed by atoms with van der Waals surface area (Å²) in [5.41, 5.74) is 3.96. The van der Waals surface area contributed by atoms with Crippen LogP contribution < -0.4 is 18.9 Å². The monoisotopic (exact) mass is 1310 g/mol. The molecule has 0 bridgehead atoms. The lowest BCUT2D eigenvalue weighted by molar-refractivity contribution is 0.599. The van der Waals surface area contributed by atoms with E-state index < -0.39 is 40.1 Å². The summed E-state index contributed by atoms with van der Waals surface area (Å²) in [7, 11) is -14.6. The molecule has 4 heterocycles. The van der Waals surface area contributed by atoms with Gasteiger partial charge in [0, 0.05) is 91.6 Å². The van der Waals surface area contributed by atoms with E-state index in [1.165, 1.54) is 36.4 Å². The zero-order valence-corrected chi connectivity index (χ0v) is 51.8. The number of hydrogen-bond acceptors (Lipinski definition) is 12. The van der Waals surface area contributed by atoms with Gasteiger partial charge in [-0.25, -0.2) is 33.7 Å². The zero-order valence-electron chi connectivity index (χ0n) is 46.3. The molecule has 0 fully saturated rings. The van der Waals surface area contributed by atoms with Crippen molar-refractivity contribution in [2.75, 3.05) is 18.9 Å². The summed E-state index contributed by atoms with van der Waals surface area (Å²) in [5, 5.41) is 7.93. The van der Waals surface area contributed by atoms with E-state index in [1.807, 2.05) is 91.0 Å². The molecule has 13 rings (SSSR count). The molecule has 13 aromatic rings. The molecule has 0 spiro atoms. The molecule has 0 radical (unpaired) electrons. The topological polar surface area (TPSA) is 236 Å². The number of sulfonamides is 4. The molecule has 9 aromatic carbocycles. The smallest absolute Gasteiger partial charge is 0.261 e. The van der Waals surface area contributed by atoms with Crippen molar-refractivity contribution < 1.29 is 33.7 Å². The van der Waals surface area contributed by atoms with Crippen molar-refractivity contribution in [2.45, 2.75) is 19.6 Å². The Balaban J connectivity index is 0.000000131. The highest BCUT2D eigenvalue weighted by molar-refractivity contribution is 7.93. The average molecular weight is 1320 g/mol. The van der Waals surface area contributed by atoms with Crippen molar-refractivity contribution in [3.05, 3.63) is 289 Å². The third-order valence-electron chi connectivity index (χ3n) is 13.3. The summed E-state index contributed by atoms with van der Waals surface area (Å²) in [4.78, 5) is 16.9. The van der Waals surface area contributed by atoms with Gasteiger partial charge in [0.1, 0.15) is 0 Å². The predicted molar refractivity (Wildman–Crippen MR) is 356 cm³/mol. The van der Waals surface area contributed by atoms with E-state index in [4.69, 9.17) is 34.8 Å². The molecule has 0 aliphatic heterocycles. The van der Waals surface area contributed by atoms with Gasteiger partial charge in [-0.15, -0.1) is 0 Å². The van der Waals surface area contributed by atoms with Crippen LogP contribution >= 0.6 is 34.8 Å². The maximum atomic E-state index is 12.8. The predicted octanol–water partition coefficient (Wildman–Crippen LogP) is 15.8. The molecular weight excluding hydrogens is 1270 g/mol. The molecule has 0 saturated heterocycles. The van der Waals surface area contributed by atoms with Gasteiger partial charge in [-0.3, -0.25) is 38.8 Å². The average Bonchev–Trinajstić information content (AvgIpc) is 2.31. The minimum atomic E-state index is -3.73. The molecule has 0 atom stereocenters. The molecule has 16 nitrogen and oxygen atoms in total. The fraction of sp³-hybridized carbons (Fsp3) is 0. The van der Waals surface area contributed by atoms with Gasteiger partial charge in [-0.1, -0.05) is 132 Å². The standard InChI is InChI=1S/C21H16N2O2S.C15H10Cl2N2O2S.C15H11ClN2O2S.C15H12N2O2S/c24-26(25,23-21-8-4-7-18-13-14-22-15-20(18)21)19-11-9-17(10-12-19)16-5-2-1-3-6-16;16-11-1-3-13(4-2-11)22(20,21)19-15-8-12(17)7-10-9-18-6-5-14(10)15;16-12-4-6-13(7-5-12)21(19,20)18-15-3-1-2-11-8-9-17-10-14(11)15;18-20(19,13-6-2-1-3-7-13)17-15-8-4-5-12-9-10-16-11-14(12)15/h1-15,23H;1-9,19H;1-10,18H;1-11,17H. The quantitative estimate of drug-likeness (QED) is 0.0844. The lowest BCUT2D eigenvalue weighted by atomic mass is 10.1. The molecule has 0 aliphatic carbocycles. The number of hydrogen-bond donors (Lipinski definition) is 4. The van der Waals surface area contributed by atoms with Crippen LogP contribution in [0.4, 0.5) is 22.7 Å². The minimum Gasteiger partial charge on any atom is -0.279 e. The summed E-state index contributed by atoms with van der Waals surface area (Å²) < 4.78 is 110. The first kappa shape index (κ1) is 62.5. The van der Waals surface area contributed by atoms with Gasteiger partial charge in [0.15, 0.2) is 0 Å². The van der Waals surface area contributed by atoms with E-state index in [0.717, 1.165) is 54.2 Å². The second-order valence-corrected chi connectivity index (χ2v) is 27.3. The lowest BCUT2D eigenvalue weighted by Gasteiger charge is -2.11. The Hall–Kier alpha value is -9.51. The highest BCUT2D eigenvalue weighted by Gasteiger charge is 2.20. The van der Waals surface area contributed by atoms with Gasteiger partial charge >= 0.3 is 0 Å². The number of aromatic nitrogens is 4.